The average Bonchev–Trinajstić information content (AvgIpc) is 3.45. The van der Waals surface area contributed by atoms with Crippen LogP contribution in [-0.2, 0) is 6.42 Å². The molecule has 0 amide bonds. The molecule has 1 aliphatic heterocycles. The Balaban J connectivity index is 1.39. The number of benzene rings is 1. The number of Topliss-reactive ketones (excluding diaryl/α,β-unsaturated/α-hetero) is 1. The van der Waals surface area contributed by atoms with Crippen LogP contribution in [0.3, 0.4) is 0 Å². The Bertz CT molecular complexity index is 1140. The number of rotatable bonds is 5. The molecule has 0 bridgehead atoms. The number of aryl methyl sites for hydroxylation is 2. The van der Waals surface area contributed by atoms with E-state index in [9.17, 15) is 4.79 Å². The SMILES string of the molecule is Cc1nn2c(C(C)C)c(C(=O)C3NC3C[C@H]3CCCc4ccccc43)cnc2c1Br. The summed E-state index contributed by atoms with van der Waals surface area (Å²) in [5.74, 6) is 0.856. The first kappa shape index (κ1) is 19.9. The van der Waals surface area contributed by atoms with Crippen LogP contribution < -0.4 is 5.32 Å². The molecule has 2 aromatic heterocycles. The van der Waals surface area contributed by atoms with E-state index in [1.54, 1.807) is 6.20 Å². The Labute approximate surface area is 185 Å². The van der Waals surface area contributed by atoms with Crippen LogP contribution in [0.4, 0.5) is 0 Å². The summed E-state index contributed by atoms with van der Waals surface area (Å²) in [7, 11) is 0. The van der Waals surface area contributed by atoms with Crippen LogP contribution in [0.2, 0.25) is 0 Å². The van der Waals surface area contributed by atoms with E-state index in [0.29, 0.717) is 11.5 Å². The fourth-order valence-corrected chi connectivity index (χ4v) is 5.39. The molecule has 0 spiro atoms. The number of aromatic nitrogens is 3. The summed E-state index contributed by atoms with van der Waals surface area (Å²) in [5, 5.41) is 8.09. The van der Waals surface area contributed by atoms with Crippen molar-refractivity contribution in [3.05, 3.63) is 63.0 Å². The highest BCUT2D eigenvalue weighted by molar-refractivity contribution is 9.10. The van der Waals surface area contributed by atoms with Gasteiger partial charge in [0, 0.05) is 12.2 Å². The highest BCUT2D eigenvalue weighted by Crippen LogP contribution is 2.38. The van der Waals surface area contributed by atoms with Crippen LogP contribution in [-0.4, -0.2) is 32.5 Å². The second kappa shape index (κ2) is 7.57. The number of fused-ring (bicyclic) bond motifs is 2. The lowest BCUT2D eigenvalue weighted by molar-refractivity contribution is 0.0985. The van der Waals surface area contributed by atoms with Crippen molar-refractivity contribution in [1.82, 2.24) is 19.9 Å². The van der Waals surface area contributed by atoms with Crippen molar-refractivity contribution in [2.45, 2.75) is 70.4 Å². The molecule has 30 heavy (non-hydrogen) atoms. The highest BCUT2D eigenvalue weighted by Gasteiger charge is 2.45. The molecule has 5 nitrogen and oxygen atoms in total. The first-order chi connectivity index (χ1) is 14.5. The first-order valence-electron chi connectivity index (χ1n) is 10.9. The number of ketones is 1. The van der Waals surface area contributed by atoms with Gasteiger partial charge in [-0.3, -0.25) is 4.79 Å². The van der Waals surface area contributed by atoms with E-state index in [-0.39, 0.29) is 23.8 Å². The van der Waals surface area contributed by atoms with Crippen molar-refractivity contribution >= 4 is 27.4 Å². The van der Waals surface area contributed by atoms with Crippen molar-refractivity contribution in [3.63, 3.8) is 0 Å². The van der Waals surface area contributed by atoms with Gasteiger partial charge >= 0.3 is 0 Å². The molecule has 0 radical (unpaired) electrons. The van der Waals surface area contributed by atoms with E-state index >= 15 is 0 Å². The molecule has 3 aromatic rings. The molecule has 2 aliphatic rings. The molecule has 0 saturated carbocycles. The first-order valence-corrected chi connectivity index (χ1v) is 11.7. The van der Waals surface area contributed by atoms with Gasteiger partial charge < -0.3 is 5.32 Å². The molecule has 6 heteroatoms. The standard InChI is InChI=1S/C24H27BrN4O/c1-13(2)22-18(12-26-24-20(25)14(3)28-29(22)24)23(30)21-19(27-21)11-16-9-6-8-15-7-4-5-10-17(15)16/h4-5,7,10,12-13,16,19,21,27H,6,8-9,11H2,1-3H3/t16-,19?,21?/m1/s1. The normalized spacial score (nSPS) is 23.0. The van der Waals surface area contributed by atoms with Crippen LogP contribution in [0.25, 0.3) is 5.65 Å². The Morgan fingerprint density at radius 2 is 2.13 bits per heavy atom. The quantitative estimate of drug-likeness (QED) is 0.426. The fourth-order valence-electron chi connectivity index (χ4n) is 5.04. The Morgan fingerprint density at radius 1 is 1.33 bits per heavy atom. The maximum Gasteiger partial charge on any atom is 0.184 e. The molecule has 1 aromatic carbocycles. The molecule has 1 N–H and O–H groups in total. The lowest BCUT2D eigenvalue weighted by Gasteiger charge is -2.25. The van der Waals surface area contributed by atoms with Crippen molar-refractivity contribution < 1.29 is 4.79 Å². The van der Waals surface area contributed by atoms with Crippen molar-refractivity contribution in [1.29, 1.82) is 0 Å². The molecule has 2 unspecified atom stereocenters. The van der Waals surface area contributed by atoms with E-state index in [2.05, 4.69) is 69.4 Å². The molecule has 1 aliphatic carbocycles. The van der Waals surface area contributed by atoms with Gasteiger partial charge in [0.1, 0.15) is 0 Å². The van der Waals surface area contributed by atoms with Crippen LogP contribution >= 0.6 is 15.9 Å². The second-order valence-corrected chi connectivity index (χ2v) is 9.78. The summed E-state index contributed by atoms with van der Waals surface area (Å²) in [6.07, 6.45) is 6.38. The maximum absolute atomic E-state index is 13.4. The predicted molar refractivity (Wildman–Crippen MR) is 121 cm³/mol. The molecule has 1 saturated heterocycles. The molecule has 156 valence electrons. The van der Waals surface area contributed by atoms with Crippen LogP contribution in [0.5, 0.6) is 0 Å². The van der Waals surface area contributed by atoms with E-state index in [4.69, 9.17) is 0 Å². The third-order valence-corrected chi connectivity index (χ3v) is 7.53. The number of nitrogens with zero attached hydrogens (tertiary/aromatic N) is 3. The third kappa shape index (κ3) is 3.30. The average molecular weight is 467 g/mol. The van der Waals surface area contributed by atoms with Gasteiger partial charge in [-0.2, -0.15) is 5.10 Å². The minimum absolute atomic E-state index is 0.115. The van der Waals surface area contributed by atoms with E-state index in [1.165, 1.54) is 30.4 Å². The summed E-state index contributed by atoms with van der Waals surface area (Å²) < 4.78 is 2.73. The molecule has 1 fully saturated rings. The summed E-state index contributed by atoms with van der Waals surface area (Å²) >= 11 is 3.57. The van der Waals surface area contributed by atoms with Crippen molar-refractivity contribution in [2.75, 3.05) is 0 Å². The summed E-state index contributed by atoms with van der Waals surface area (Å²) in [6, 6.07) is 8.93. The Hall–Kier alpha value is -2.05. The van der Waals surface area contributed by atoms with Gasteiger partial charge in [-0.25, -0.2) is 9.50 Å². The van der Waals surface area contributed by atoms with Gasteiger partial charge in [0.15, 0.2) is 11.4 Å². The van der Waals surface area contributed by atoms with Crippen molar-refractivity contribution in [2.24, 2.45) is 0 Å². The number of halogens is 1. The zero-order valence-corrected chi connectivity index (χ0v) is 19.2. The second-order valence-electron chi connectivity index (χ2n) is 8.99. The minimum Gasteiger partial charge on any atom is -0.301 e. The summed E-state index contributed by atoms with van der Waals surface area (Å²) in [5.41, 5.74) is 6.24. The van der Waals surface area contributed by atoms with E-state index in [0.717, 1.165) is 27.9 Å². The molecule has 3 atom stereocenters. The minimum atomic E-state index is -0.115. The Kier molecular flexibility index (Phi) is 5.02. The molecular formula is C24H27BrN4O. The number of hydrogen-bond donors (Lipinski definition) is 1. The topological polar surface area (TPSA) is 69.2 Å². The summed E-state index contributed by atoms with van der Waals surface area (Å²) in [4.78, 5) is 18.0. The number of carbonyl (C=O) groups is 1. The fraction of sp³-hybridized carbons (Fsp3) is 0.458. The van der Waals surface area contributed by atoms with Crippen LogP contribution in [0, 0.1) is 6.92 Å². The molecule has 5 rings (SSSR count). The van der Waals surface area contributed by atoms with Crippen LogP contribution in [0.15, 0.2) is 34.9 Å². The largest absolute Gasteiger partial charge is 0.301 e. The van der Waals surface area contributed by atoms with Gasteiger partial charge in [0.05, 0.1) is 27.5 Å². The number of nitrogens with one attached hydrogen (secondary N) is 1. The zero-order chi connectivity index (χ0) is 21.0. The van der Waals surface area contributed by atoms with Gasteiger partial charge in [-0.1, -0.05) is 38.1 Å². The number of hydrogen-bond acceptors (Lipinski definition) is 4. The molecular weight excluding hydrogens is 440 g/mol. The zero-order valence-electron chi connectivity index (χ0n) is 17.7. The van der Waals surface area contributed by atoms with Gasteiger partial charge in [0.2, 0.25) is 0 Å². The van der Waals surface area contributed by atoms with Gasteiger partial charge in [-0.05, 0) is 71.5 Å². The maximum atomic E-state index is 13.4. The summed E-state index contributed by atoms with van der Waals surface area (Å²) in [6.45, 7) is 6.16. The van der Waals surface area contributed by atoms with Crippen LogP contribution in [0.1, 0.15) is 77.8 Å². The lowest BCUT2D eigenvalue weighted by atomic mass is 9.80. The third-order valence-electron chi connectivity index (χ3n) is 6.60. The van der Waals surface area contributed by atoms with Crippen molar-refractivity contribution in [3.8, 4) is 0 Å². The molecule has 3 heterocycles. The predicted octanol–water partition coefficient (Wildman–Crippen LogP) is 4.96. The lowest BCUT2D eigenvalue weighted by Crippen LogP contribution is -2.19. The van der Waals surface area contributed by atoms with E-state index < -0.39 is 0 Å². The smallest absolute Gasteiger partial charge is 0.184 e. The highest BCUT2D eigenvalue weighted by atomic mass is 79.9. The number of carbonyl (C=O) groups excluding carboxylic acids is 1. The van der Waals surface area contributed by atoms with Gasteiger partial charge in [0.25, 0.3) is 0 Å². The monoisotopic (exact) mass is 466 g/mol. The Morgan fingerprint density at radius 3 is 2.93 bits per heavy atom. The van der Waals surface area contributed by atoms with E-state index in [1.807, 2.05) is 11.4 Å². The van der Waals surface area contributed by atoms with Gasteiger partial charge in [-0.15, -0.1) is 0 Å².